The summed E-state index contributed by atoms with van der Waals surface area (Å²) in [5.41, 5.74) is 1.19. The lowest BCUT2D eigenvalue weighted by atomic mass is 10.2. The van der Waals surface area contributed by atoms with E-state index in [1.54, 1.807) is 0 Å². The summed E-state index contributed by atoms with van der Waals surface area (Å²) in [5.74, 6) is 1.02. The highest BCUT2D eigenvalue weighted by molar-refractivity contribution is 7.99. The first-order valence-corrected chi connectivity index (χ1v) is 7.34. The molecule has 1 aliphatic heterocycles. The van der Waals surface area contributed by atoms with E-state index in [1.807, 2.05) is 30.9 Å². The highest BCUT2D eigenvalue weighted by Crippen LogP contribution is 2.30. The Labute approximate surface area is 112 Å². The summed E-state index contributed by atoms with van der Waals surface area (Å²) in [4.78, 5) is 1.27. The molecule has 4 heteroatoms. The van der Waals surface area contributed by atoms with E-state index in [-0.39, 0.29) is 0 Å². The molecule has 2 rings (SSSR count). The van der Waals surface area contributed by atoms with Crippen molar-refractivity contribution in [1.82, 2.24) is 5.32 Å². The van der Waals surface area contributed by atoms with Gasteiger partial charge in [-0.15, -0.1) is 11.8 Å². The molecule has 2 nitrogen and oxygen atoms in total. The van der Waals surface area contributed by atoms with Gasteiger partial charge >= 0.3 is 0 Å². The van der Waals surface area contributed by atoms with Gasteiger partial charge in [-0.05, 0) is 37.6 Å². The van der Waals surface area contributed by atoms with Crippen molar-refractivity contribution in [2.45, 2.75) is 30.4 Å². The molecule has 0 bridgehead atoms. The highest BCUT2D eigenvalue weighted by Gasteiger charge is 2.16. The van der Waals surface area contributed by atoms with Crippen molar-refractivity contribution in [3.05, 3.63) is 28.8 Å². The normalized spacial score (nSPS) is 19.8. The Morgan fingerprint density at radius 2 is 2.41 bits per heavy atom. The van der Waals surface area contributed by atoms with Crippen molar-refractivity contribution in [2.24, 2.45) is 0 Å². The maximum Gasteiger partial charge on any atom is 0.0669 e. The Balaban J connectivity index is 2.00. The van der Waals surface area contributed by atoms with E-state index in [2.05, 4.69) is 11.4 Å². The van der Waals surface area contributed by atoms with Crippen LogP contribution in [0.3, 0.4) is 0 Å². The summed E-state index contributed by atoms with van der Waals surface area (Å²) >= 11 is 8.07. The summed E-state index contributed by atoms with van der Waals surface area (Å²) in [6.45, 7) is 1.73. The second-order valence-corrected chi connectivity index (χ2v) is 5.66. The second kappa shape index (κ2) is 6.64. The first kappa shape index (κ1) is 13.2. The van der Waals surface area contributed by atoms with Crippen LogP contribution in [-0.4, -0.2) is 25.5 Å². The molecule has 1 heterocycles. The maximum absolute atomic E-state index is 6.22. The van der Waals surface area contributed by atoms with Crippen molar-refractivity contribution >= 4 is 23.4 Å². The third kappa shape index (κ3) is 3.62. The van der Waals surface area contributed by atoms with Crippen LogP contribution in [0.5, 0.6) is 0 Å². The van der Waals surface area contributed by atoms with Gasteiger partial charge in [-0.2, -0.15) is 0 Å². The summed E-state index contributed by atoms with van der Waals surface area (Å²) in [5, 5.41) is 4.01. The van der Waals surface area contributed by atoms with E-state index in [4.69, 9.17) is 16.3 Å². The van der Waals surface area contributed by atoms with Gasteiger partial charge in [-0.1, -0.05) is 17.7 Å². The topological polar surface area (TPSA) is 21.3 Å². The van der Waals surface area contributed by atoms with Gasteiger partial charge in [0, 0.05) is 28.8 Å². The second-order valence-electron chi connectivity index (χ2n) is 4.19. The Bertz CT molecular complexity index is 366. The number of nitrogens with one attached hydrogen (secondary N) is 1. The summed E-state index contributed by atoms with van der Waals surface area (Å²) in [7, 11) is 1.94. The lowest BCUT2D eigenvalue weighted by Gasteiger charge is -2.13. The van der Waals surface area contributed by atoms with Gasteiger partial charge in [-0.3, -0.25) is 0 Å². The van der Waals surface area contributed by atoms with Crippen LogP contribution in [0, 0.1) is 0 Å². The largest absolute Gasteiger partial charge is 0.377 e. The highest BCUT2D eigenvalue weighted by atomic mass is 35.5. The fraction of sp³-hybridized carbons (Fsp3) is 0.538. The first-order valence-electron chi connectivity index (χ1n) is 5.97. The molecule has 1 N–H and O–H groups in total. The monoisotopic (exact) mass is 271 g/mol. The third-order valence-corrected chi connectivity index (χ3v) is 4.46. The molecule has 1 aliphatic rings. The molecular weight excluding hydrogens is 254 g/mol. The van der Waals surface area contributed by atoms with Crippen molar-refractivity contribution in [1.29, 1.82) is 0 Å². The van der Waals surface area contributed by atoms with Crippen LogP contribution in [0.4, 0.5) is 0 Å². The SMILES string of the molecule is CNCc1c(Cl)cccc1SCC1CCCO1. The van der Waals surface area contributed by atoms with E-state index in [9.17, 15) is 0 Å². The van der Waals surface area contributed by atoms with Crippen molar-refractivity contribution in [2.75, 3.05) is 19.4 Å². The fourth-order valence-corrected chi connectivity index (χ4v) is 3.44. The minimum absolute atomic E-state index is 0.418. The predicted molar refractivity (Wildman–Crippen MR) is 73.9 cm³/mol. The Morgan fingerprint density at radius 3 is 3.12 bits per heavy atom. The van der Waals surface area contributed by atoms with Crippen molar-refractivity contribution in [3.8, 4) is 0 Å². The molecule has 1 fully saturated rings. The molecule has 0 amide bonds. The number of hydrogen-bond acceptors (Lipinski definition) is 3. The van der Waals surface area contributed by atoms with Crippen LogP contribution in [-0.2, 0) is 11.3 Å². The average Bonchev–Trinajstić information content (AvgIpc) is 2.83. The van der Waals surface area contributed by atoms with Crippen LogP contribution in [0.1, 0.15) is 18.4 Å². The lowest BCUT2D eigenvalue weighted by molar-refractivity contribution is 0.129. The molecule has 0 aromatic heterocycles. The standard InChI is InChI=1S/C13H18ClNOS/c1-15-8-11-12(14)5-2-6-13(11)17-9-10-4-3-7-16-10/h2,5-6,10,15H,3-4,7-9H2,1H3. The van der Waals surface area contributed by atoms with Crippen molar-refractivity contribution in [3.63, 3.8) is 0 Å². The van der Waals surface area contributed by atoms with Gasteiger partial charge in [0.05, 0.1) is 6.10 Å². The van der Waals surface area contributed by atoms with Gasteiger partial charge in [0.25, 0.3) is 0 Å². The summed E-state index contributed by atoms with van der Waals surface area (Å²) in [6, 6.07) is 6.10. The number of halogens is 1. The molecule has 0 spiro atoms. The number of rotatable bonds is 5. The van der Waals surface area contributed by atoms with Gasteiger partial charge in [-0.25, -0.2) is 0 Å². The molecule has 1 atom stereocenters. The molecule has 0 saturated carbocycles. The smallest absolute Gasteiger partial charge is 0.0669 e. The minimum atomic E-state index is 0.418. The molecular formula is C13H18ClNOS. The Hall–Kier alpha value is -0.220. The van der Waals surface area contributed by atoms with E-state index in [0.29, 0.717) is 6.10 Å². The van der Waals surface area contributed by atoms with Gasteiger partial charge in [0.1, 0.15) is 0 Å². The molecule has 1 unspecified atom stereocenters. The number of hydrogen-bond donors (Lipinski definition) is 1. The summed E-state index contributed by atoms with van der Waals surface area (Å²) < 4.78 is 5.64. The molecule has 1 aromatic carbocycles. The lowest BCUT2D eigenvalue weighted by Crippen LogP contribution is -2.10. The van der Waals surface area contributed by atoms with E-state index < -0.39 is 0 Å². The average molecular weight is 272 g/mol. The van der Waals surface area contributed by atoms with Crippen LogP contribution >= 0.6 is 23.4 Å². The van der Waals surface area contributed by atoms with Crippen molar-refractivity contribution < 1.29 is 4.74 Å². The van der Waals surface area contributed by atoms with Crippen LogP contribution < -0.4 is 5.32 Å². The van der Waals surface area contributed by atoms with Gasteiger partial charge in [0.2, 0.25) is 0 Å². The Kier molecular flexibility index (Phi) is 5.16. The molecule has 1 aromatic rings. The van der Waals surface area contributed by atoms with E-state index in [1.165, 1.54) is 23.3 Å². The van der Waals surface area contributed by atoms with Crippen LogP contribution in [0.25, 0.3) is 0 Å². The summed E-state index contributed by atoms with van der Waals surface area (Å²) in [6.07, 6.45) is 2.81. The maximum atomic E-state index is 6.22. The zero-order chi connectivity index (χ0) is 12.1. The zero-order valence-electron chi connectivity index (χ0n) is 10.0. The number of benzene rings is 1. The quantitative estimate of drug-likeness (QED) is 0.830. The molecule has 0 radical (unpaired) electrons. The number of thioether (sulfide) groups is 1. The zero-order valence-corrected chi connectivity index (χ0v) is 11.6. The van der Waals surface area contributed by atoms with E-state index in [0.717, 1.165) is 23.9 Å². The van der Waals surface area contributed by atoms with Crippen LogP contribution in [0.2, 0.25) is 5.02 Å². The first-order chi connectivity index (χ1) is 8.31. The molecule has 94 valence electrons. The molecule has 17 heavy (non-hydrogen) atoms. The predicted octanol–water partition coefficient (Wildman–Crippen LogP) is 3.33. The minimum Gasteiger partial charge on any atom is -0.377 e. The van der Waals surface area contributed by atoms with Crippen LogP contribution in [0.15, 0.2) is 23.1 Å². The van der Waals surface area contributed by atoms with Gasteiger partial charge < -0.3 is 10.1 Å². The van der Waals surface area contributed by atoms with Gasteiger partial charge in [0.15, 0.2) is 0 Å². The molecule has 1 saturated heterocycles. The molecule has 0 aliphatic carbocycles. The number of ether oxygens (including phenoxy) is 1. The van der Waals surface area contributed by atoms with E-state index >= 15 is 0 Å². The fourth-order valence-electron chi connectivity index (χ4n) is 1.98. The third-order valence-electron chi connectivity index (χ3n) is 2.88. The Morgan fingerprint density at radius 1 is 1.53 bits per heavy atom.